The minimum atomic E-state index is -0.225. The normalized spacial score (nSPS) is 16.7. The van der Waals surface area contributed by atoms with Crippen molar-refractivity contribution in [2.45, 2.75) is 26.9 Å². The fourth-order valence-electron chi connectivity index (χ4n) is 3.47. The minimum Gasteiger partial charge on any atom is -0.459 e. The first kappa shape index (κ1) is 24.2. The van der Waals surface area contributed by atoms with E-state index in [0.717, 1.165) is 25.6 Å². The topological polar surface area (TPSA) is 79.1 Å². The van der Waals surface area contributed by atoms with Crippen LogP contribution in [-0.2, 0) is 4.74 Å². The summed E-state index contributed by atoms with van der Waals surface area (Å²) in [6.45, 7) is 10.2. The molecule has 1 aliphatic rings. The molecule has 3 rings (SSSR count). The van der Waals surface area contributed by atoms with E-state index in [0.29, 0.717) is 25.5 Å². The van der Waals surface area contributed by atoms with Crippen molar-refractivity contribution in [1.29, 1.82) is 0 Å². The van der Waals surface area contributed by atoms with Gasteiger partial charge in [-0.2, -0.15) is 0 Å². The van der Waals surface area contributed by atoms with Gasteiger partial charge >= 0.3 is 0 Å². The molecule has 0 spiro atoms. The van der Waals surface area contributed by atoms with Crippen molar-refractivity contribution in [3.63, 3.8) is 0 Å². The van der Waals surface area contributed by atoms with Crippen LogP contribution in [0.3, 0.4) is 0 Å². The van der Waals surface area contributed by atoms with Gasteiger partial charge in [-0.25, -0.2) is 0 Å². The summed E-state index contributed by atoms with van der Waals surface area (Å²) in [4.78, 5) is 18.9. The van der Waals surface area contributed by atoms with Crippen molar-refractivity contribution < 1.29 is 13.9 Å². The van der Waals surface area contributed by atoms with Crippen LogP contribution in [-0.4, -0.2) is 56.1 Å². The highest BCUT2D eigenvalue weighted by atomic mass is 127. The second-order valence-corrected chi connectivity index (χ2v) is 7.13. The molecule has 0 radical (unpaired) electrons. The van der Waals surface area contributed by atoms with E-state index < -0.39 is 0 Å². The highest BCUT2D eigenvalue weighted by molar-refractivity contribution is 14.0. The SMILES string of the molecule is CCNC(=NCCNC(=O)c1ccco1)N1CCOC(c2ccc(C)cc2C)C1.I. The molecule has 7 nitrogen and oxygen atoms in total. The van der Waals surface area contributed by atoms with Crippen molar-refractivity contribution in [2.24, 2.45) is 4.99 Å². The largest absolute Gasteiger partial charge is 0.459 e. The quantitative estimate of drug-likeness (QED) is 0.262. The number of carbonyl (C=O) groups is 1. The second kappa shape index (κ2) is 11.9. The van der Waals surface area contributed by atoms with Crippen molar-refractivity contribution in [3.05, 3.63) is 59.0 Å². The smallest absolute Gasteiger partial charge is 0.287 e. The maximum Gasteiger partial charge on any atom is 0.287 e. The van der Waals surface area contributed by atoms with Gasteiger partial charge in [-0.3, -0.25) is 9.79 Å². The molecule has 30 heavy (non-hydrogen) atoms. The molecule has 0 bridgehead atoms. The number of carbonyl (C=O) groups excluding carboxylic acids is 1. The van der Waals surface area contributed by atoms with E-state index in [2.05, 4.69) is 59.5 Å². The number of morpholine rings is 1. The molecule has 1 atom stereocenters. The van der Waals surface area contributed by atoms with E-state index in [9.17, 15) is 4.79 Å². The second-order valence-electron chi connectivity index (χ2n) is 7.13. The molecule has 1 aromatic carbocycles. The number of halogens is 1. The van der Waals surface area contributed by atoms with Crippen LogP contribution in [0.5, 0.6) is 0 Å². The van der Waals surface area contributed by atoms with E-state index in [1.165, 1.54) is 23.0 Å². The van der Waals surface area contributed by atoms with Gasteiger partial charge in [0.2, 0.25) is 0 Å². The molecule has 2 aromatic rings. The standard InChI is InChI=1S/C22H30N4O3.HI/c1-4-23-22(25-10-9-24-21(27)19-6-5-12-28-19)26-11-13-29-20(15-26)18-8-7-16(2)14-17(18)3;/h5-8,12,14,20H,4,9-11,13,15H2,1-3H3,(H,23,25)(H,24,27);1H. The maximum atomic E-state index is 11.9. The average Bonchev–Trinajstić information content (AvgIpc) is 3.25. The molecule has 1 aliphatic heterocycles. The van der Waals surface area contributed by atoms with Gasteiger partial charge in [0.15, 0.2) is 11.7 Å². The van der Waals surface area contributed by atoms with Gasteiger partial charge in [0.1, 0.15) is 6.10 Å². The lowest BCUT2D eigenvalue weighted by Crippen LogP contribution is -2.48. The van der Waals surface area contributed by atoms with Crippen LogP contribution in [0.4, 0.5) is 0 Å². The monoisotopic (exact) mass is 526 g/mol. The summed E-state index contributed by atoms with van der Waals surface area (Å²) in [6.07, 6.45) is 1.51. The summed E-state index contributed by atoms with van der Waals surface area (Å²) in [5.41, 5.74) is 3.73. The van der Waals surface area contributed by atoms with E-state index in [-0.39, 0.29) is 36.0 Å². The van der Waals surface area contributed by atoms with Gasteiger partial charge in [0.05, 0.1) is 26.0 Å². The Kier molecular flexibility index (Phi) is 9.64. The fourth-order valence-corrected chi connectivity index (χ4v) is 3.47. The lowest BCUT2D eigenvalue weighted by molar-refractivity contribution is -0.00832. The van der Waals surface area contributed by atoms with Gasteiger partial charge in [0, 0.05) is 19.6 Å². The molecule has 1 aromatic heterocycles. The van der Waals surface area contributed by atoms with Crippen LogP contribution in [0.2, 0.25) is 0 Å². The summed E-state index contributed by atoms with van der Waals surface area (Å²) in [5.74, 6) is 0.930. The summed E-state index contributed by atoms with van der Waals surface area (Å²) in [5, 5.41) is 6.17. The molecule has 2 heterocycles. The predicted molar refractivity (Wildman–Crippen MR) is 129 cm³/mol. The Morgan fingerprint density at radius 1 is 1.27 bits per heavy atom. The first-order chi connectivity index (χ1) is 14.1. The van der Waals surface area contributed by atoms with Crippen LogP contribution < -0.4 is 10.6 Å². The number of furan rings is 1. The molecular formula is C22H31IN4O3. The Morgan fingerprint density at radius 3 is 2.80 bits per heavy atom. The molecule has 1 amide bonds. The van der Waals surface area contributed by atoms with Crippen LogP contribution in [0.15, 0.2) is 46.0 Å². The molecule has 1 fully saturated rings. The Balaban J connectivity index is 0.00000320. The van der Waals surface area contributed by atoms with Gasteiger partial charge in [0.25, 0.3) is 5.91 Å². The summed E-state index contributed by atoms with van der Waals surface area (Å²) < 4.78 is 11.1. The van der Waals surface area contributed by atoms with Crippen LogP contribution in [0.25, 0.3) is 0 Å². The Hall–Kier alpha value is -2.07. The number of rotatable bonds is 6. The van der Waals surface area contributed by atoms with Crippen molar-refractivity contribution >= 4 is 35.8 Å². The number of hydrogen-bond acceptors (Lipinski definition) is 4. The summed E-state index contributed by atoms with van der Waals surface area (Å²) in [6, 6.07) is 9.82. The first-order valence-electron chi connectivity index (χ1n) is 10.1. The first-order valence-corrected chi connectivity index (χ1v) is 10.1. The zero-order valence-electron chi connectivity index (χ0n) is 17.8. The van der Waals surface area contributed by atoms with E-state index in [4.69, 9.17) is 9.15 Å². The number of benzene rings is 1. The van der Waals surface area contributed by atoms with Crippen molar-refractivity contribution in [1.82, 2.24) is 15.5 Å². The molecule has 0 saturated carbocycles. The van der Waals surface area contributed by atoms with Crippen molar-refractivity contribution in [2.75, 3.05) is 39.3 Å². The molecule has 1 unspecified atom stereocenters. The number of guanidine groups is 1. The third-order valence-electron chi connectivity index (χ3n) is 4.88. The number of ether oxygens (including phenoxy) is 1. The molecule has 8 heteroatoms. The maximum absolute atomic E-state index is 11.9. The lowest BCUT2D eigenvalue weighted by atomic mass is 10.00. The third kappa shape index (κ3) is 6.46. The van der Waals surface area contributed by atoms with Crippen molar-refractivity contribution in [3.8, 4) is 0 Å². The van der Waals surface area contributed by atoms with Crippen LogP contribution in [0, 0.1) is 13.8 Å². The fraction of sp³-hybridized carbons (Fsp3) is 0.455. The number of aliphatic imine (C=N–C) groups is 1. The number of nitrogens with one attached hydrogen (secondary N) is 2. The molecular weight excluding hydrogens is 495 g/mol. The molecule has 164 valence electrons. The van der Waals surface area contributed by atoms with Crippen LogP contribution >= 0.6 is 24.0 Å². The number of aryl methyl sites for hydroxylation is 2. The number of hydrogen-bond donors (Lipinski definition) is 2. The minimum absolute atomic E-state index is 0. The molecule has 2 N–H and O–H groups in total. The highest BCUT2D eigenvalue weighted by Crippen LogP contribution is 2.25. The van der Waals surface area contributed by atoms with E-state index in [1.807, 2.05) is 0 Å². The predicted octanol–water partition coefficient (Wildman–Crippen LogP) is 3.28. The van der Waals surface area contributed by atoms with E-state index in [1.54, 1.807) is 12.1 Å². The van der Waals surface area contributed by atoms with Gasteiger partial charge < -0.3 is 24.7 Å². The third-order valence-corrected chi connectivity index (χ3v) is 4.88. The molecule has 1 saturated heterocycles. The zero-order chi connectivity index (χ0) is 20.6. The molecule has 0 aliphatic carbocycles. The zero-order valence-corrected chi connectivity index (χ0v) is 20.1. The van der Waals surface area contributed by atoms with Gasteiger partial charge in [-0.05, 0) is 44.0 Å². The van der Waals surface area contributed by atoms with Gasteiger partial charge in [-0.15, -0.1) is 24.0 Å². The van der Waals surface area contributed by atoms with E-state index >= 15 is 0 Å². The Labute approximate surface area is 195 Å². The average molecular weight is 526 g/mol. The van der Waals surface area contributed by atoms with Crippen LogP contribution in [0.1, 0.15) is 40.3 Å². The summed E-state index contributed by atoms with van der Waals surface area (Å²) in [7, 11) is 0. The summed E-state index contributed by atoms with van der Waals surface area (Å²) >= 11 is 0. The Bertz CT molecular complexity index is 839. The lowest BCUT2D eigenvalue weighted by Gasteiger charge is -2.36. The number of amides is 1. The number of nitrogens with zero attached hydrogens (tertiary/aromatic N) is 2. The Morgan fingerprint density at radius 2 is 2.10 bits per heavy atom. The van der Waals surface area contributed by atoms with Gasteiger partial charge in [-0.1, -0.05) is 23.8 Å². The highest BCUT2D eigenvalue weighted by Gasteiger charge is 2.25.